The predicted molar refractivity (Wildman–Crippen MR) is 70.7 cm³/mol. The average Bonchev–Trinajstić information content (AvgIpc) is 3.00. The molecule has 4 nitrogen and oxygen atoms in total. The number of hydrogen-bond acceptors (Lipinski definition) is 3. The molecule has 0 aromatic carbocycles. The zero-order valence-corrected chi connectivity index (χ0v) is 11.4. The maximum Gasteiger partial charge on any atom is 0.0831 e. The molecule has 1 atom stereocenters. The van der Waals surface area contributed by atoms with Crippen molar-refractivity contribution < 1.29 is 4.74 Å². The van der Waals surface area contributed by atoms with Gasteiger partial charge in [-0.2, -0.15) is 5.10 Å². The van der Waals surface area contributed by atoms with Crippen LogP contribution in [0, 0.1) is 6.92 Å². The fourth-order valence-electron chi connectivity index (χ4n) is 3.32. The van der Waals surface area contributed by atoms with Gasteiger partial charge in [-0.1, -0.05) is 0 Å². The van der Waals surface area contributed by atoms with Crippen LogP contribution in [0.4, 0.5) is 0 Å². The smallest absolute Gasteiger partial charge is 0.0831 e. The van der Waals surface area contributed by atoms with Crippen molar-refractivity contribution in [3.8, 4) is 0 Å². The second-order valence-corrected chi connectivity index (χ2v) is 5.54. The minimum absolute atomic E-state index is 0.475. The van der Waals surface area contributed by atoms with E-state index >= 15 is 0 Å². The Kier molecular flexibility index (Phi) is 3.39. The molecule has 2 aliphatic rings. The maximum atomic E-state index is 5.49. The minimum atomic E-state index is 0.475. The third-order valence-corrected chi connectivity index (χ3v) is 4.43. The number of hydrogen-bond donors (Lipinski definition) is 1. The molecule has 0 radical (unpaired) electrons. The summed E-state index contributed by atoms with van der Waals surface area (Å²) in [5.41, 5.74) is 4.14. The summed E-state index contributed by atoms with van der Waals surface area (Å²) in [5.74, 6) is 0.643. The molecule has 2 aliphatic heterocycles. The minimum Gasteiger partial charge on any atom is -0.381 e. The van der Waals surface area contributed by atoms with Gasteiger partial charge in [0, 0.05) is 31.5 Å². The molecular weight excluding hydrogens is 226 g/mol. The molecule has 0 bridgehead atoms. The molecule has 1 aromatic rings. The monoisotopic (exact) mass is 249 g/mol. The Morgan fingerprint density at radius 2 is 2.06 bits per heavy atom. The van der Waals surface area contributed by atoms with Crippen LogP contribution in [0.2, 0.25) is 0 Å². The number of rotatable bonds is 2. The van der Waals surface area contributed by atoms with Gasteiger partial charge < -0.3 is 10.1 Å². The van der Waals surface area contributed by atoms with Gasteiger partial charge in [0.25, 0.3) is 0 Å². The van der Waals surface area contributed by atoms with Gasteiger partial charge in [0.2, 0.25) is 0 Å². The highest BCUT2D eigenvalue weighted by Crippen LogP contribution is 2.36. The Morgan fingerprint density at radius 1 is 1.28 bits per heavy atom. The van der Waals surface area contributed by atoms with Crippen LogP contribution in [0.25, 0.3) is 0 Å². The topological polar surface area (TPSA) is 39.1 Å². The number of ether oxygens (including phenoxy) is 1. The van der Waals surface area contributed by atoms with Crippen molar-refractivity contribution in [2.45, 2.75) is 44.6 Å². The van der Waals surface area contributed by atoms with E-state index in [0.717, 1.165) is 32.6 Å². The summed E-state index contributed by atoms with van der Waals surface area (Å²) >= 11 is 0. The van der Waals surface area contributed by atoms with E-state index < -0.39 is 0 Å². The van der Waals surface area contributed by atoms with Gasteiger partial charge in [-0.15, -0.1) is 0 Å². The van der Waals surface area contributed by atoms with E-state index in [-0.39, 0.29) is 0 Å². The molecule has 0 saturated carbocycles. The van der Waals surface area contributed by atoms with Crippen molar-refractivity contribution in [3.05, 3.63) is 17.0 Å². The van der Waals surface area contributed by atoms with Crippen LogP contribution in [0.1, 0.15) is 54.6 Å². The molecule has 1 N–H and O–H groups in total. The molecule has 0 aliphatic carbocycles. The first-order valence-corrected chi connectivity index (χ1v) is 7.12. The van der Waals surface area contributed by atoms with Crippen LogP contribution in [-0.4, -0.2) is 29.5 Å². The average molecular weight is 249 g/mol. The van der Waals surface area contributed by atoms with Gasteiger partial charge in [-0.3, -0.25) is 4.68 Å². The Labute approximate surface area is 109 Å². The Hall–Kier alpha value is -0.870. The molecule has 1 unspecified atom stereocenters. The van der Waals surface area contributed by atoms with Gasteiger partial charge in [-0.05, 0) is 45.1 Å². The van der Waals surface area contributed by atoms with E-state index in [2.05, 4.69) is 24.0 Å². The van der Waals surface area contributed by atoms with Crippen molar-refractivity contribution in [1.82, 2.24) is 15.1 Å². The third-order valence-electron chi connectivity index (χ3n) is 4.43. The van der Waals surface area contributed by atoms with Crippen LogP contribution in [0.3, 0.4) is 0 Å². The van der Waals surface area contributed by atoms with Gasteiger partial charge in [0.05, 0.1) is 11.7 Å². The molecule has 100 valence electrons. The van der Waals surface area contributed by atoms with E-state index in [1.54, 1.807) is 0 Å². The second-order valence-electron chi connectivity index (χ2n) is 5.54. The summed E-state index contributed by atoms with van der Waals surface area (Å²) < 4.78 is 7.55. The lowest BCUT2D eigenvalue weighted by Crippen LogP contribution is -2.19. The summed E-state index contributed by atoms with van der Waals surface area (Å²) in [6.45, 7) is 5.14. The normalized spacial score (nSPS) is 25.8. The van der Waals surface area contributed by atoms with Crippen molar-refractivity contribution in [1.29, 1.82) is 0 Å². The van der Waals surface area contributed by atoms with Crippen molar-refractivity contribution >= 4 is 0 Å². The standard InChI is InChI=1S/C14H23N3O/c1-10-13(11-5-8-18-9-6-11)14(16-17(10)2)12-4-3-7-15-12/h11-12,15H,3-9H2,1-2H3. The van der Waals surface area contributed by atoms with Gasteiger partial charge in [0.1, 0.15) is 0 Å². The fourth-order valence-corrected chi connectivity index (χ4v) is 3.32. The zero-order chi connectivity index (χ0) is 12.5. The first kappa shape index (κ1) is 12.2. The molecular formula is C14H23N3O. The summed E-state index contributed by atoms with van der Waals surface area (Å²) in [5, 5.41) is 8.37. The van der Waals surface area contributed by atoms with Crippen LogP contribution < -0.4 is 5.32 Å². The fraction of sp³-hybridized carbons (Fsp3) is 0.786. The number of aryl methyl sites for hydroxylation is 1. The zero-order valence-electron chi connectivity index (χ0n) is 11.4. The Balaban J connectivity index is 1.94. The van der Waals surface area contributed by atoms with Gasteiger partial charge in [0.15, 0.2) is 0 Å². The van der Waals surface area contributed by atoms with Crippen LogP contribution >= 0.6 is 0 Å². The van der Waals surface area contributed by atoms with E-state index in [9.17, 15) is 0 Å². The second kappa shape index (κ2) is 5.02. The van der Waals surface area contributed by atoms with Crippen molar-refractivity contribution in [3.63, 3.8) is 0 Å². The molecule has 0 spiro atoms. The summed E-state index contributed by atoms with van der Waals surface area (Å²) in [4.78, 5) is 0. The molecule has 3 rings (SSSR count). The van der Waals surface area contributed by atoms with E-state index in [1.807, 2.05) is 0 Å². The lowest BCUT2D eigenvalue weighted by Gasteiger charge is -2.24. The highest BCUT2D eigenvalue weighted by Gasteiger charge is 2.29. The first-order valence-electron chi connectivity index (χ1n) is 7.12. The number of aromatic nitrogens is 2. The molecule has 2 fully saturated rings. The number of nitrogens with one attached hydrogen (secondary N) is 1. The lowest BCUT2D eigenvalue weighted by atomic mass is 9.88. The Bertz CT molecular complexity index is 415. The predicted octanol–water partition coefficient (Wildman–Crippen LogP) is 2.05. The van der Waals surface area contributed by atoms with Gasteiger partial charge >= 0.3 is 0 Å². The number of nitrogens with zero attached hydrogens (tertiary/aromatic N) is 2. The third kappa shape index (κ3) is 2.08. The van der Waals surface area contributed by atoms with Crippen molar-refractivity contribution in [2.75, 3.05) is 19.8 Å². The lowest BCUT2D eigenvalue weighted by molar-refractivity contribution is 0.0849. The van der Waals surface area contributed by atoms with Crippen molar-refractivity contribution in [2.24, 2.45) is 7.05 Å². The molecule has 4 heteroatoms. The summed E-state index contributed by atoms with van der Waals surface area (Å²) in [6.07, 6.45) is 4.79. The first-order chi connectivity index (χ1) is 8.77. The Morgan fingerprint density at radius 3 is 2.72 bits per heavy atom. The van der Waals surface area contributed by atoms with Crippen LogP contribution in [-0.2, 0) is 11.8 Å². The SMILES string of the molecule is Cc1c(C2CCOCC2)c(C2CCCN2)nn1C. The highest BCUT2D eigenvalue weighted by molar-refractivity contribution is 5.32. The largest absolute Gasteiger partial charge is 0.381 e. The summed E-state index contributed by atoms with van der Waals surface area (Å²) in [7, 11) is 2.07. The highest BCUT2D eigenvalue weighted by atomic mass is 16.5. The molecule has 0 amide bonds. The van der Waals surface area contributed by atoms with Gasteiger partial charge in [-0.25, -0.2) is 0 Å². The molecule has 18 heavy (non-hydrogen) atoms. The van der Waals surface area contributed by atoms with E-state index in [0.29, 0.717) is 12.0 Å². The van der Waals surface area contributed by atoms with E-state index in [1.165, 1.54) is 29.8 Å². The quantitative estimate of drug-likeness (QED) is 0.872. The van der Waals surface area contributed by atoms with E-state index in [4.69, 9.17) is 9.84 Å². The summed E-state index contributed by atoms with van der Waals surface area (Å²) in [6, 6.07) is 0.475. The van der Waals surface area contributed by atoms with Crippen LogP contribution in [0.5, 0.6) is 0 Å². The molecule has 2 saturated heterocycles. The molecule has 3 heterocycles. The van der Waals surface area contributed by atoms with Crippen LogP contribution in [0.15, 0.2) is 0 Å². The molecule has 1 aromatic heterocycles. The maximum absolute atomic E-state index is 5.49.